The molecule has 0 atom stereocenters. The summed E-state index contributed by atoms with van der Waals surface area (Å²) in [5, 5.41) is 3.44. The molecule has 3 fully saturated rings. The summed E-state index contributed by atoms with van der Waals surface area (Å²) < 4.78 is 5.33. The van der Waals surface area contributed by atoms with Gasteiger partial charge in [0, 0.05) is 31.9 Å². The number of carbonyl (C=O) groups is 1. The van der Waals surface area contributed by atoms with Gasteiger partial charge < -0.3 is 15.0 Å². The highest BCUT2D eigenvalue weighted by Crippen LogP contribution is 2.42. The number of benzene rings is 1. The SMILES string of the molecule is COc1ccc(C2(C(=O)NC3CCN(c4ccc(CN5CCCCCC5)cn4)CC3)CCCC2)cc1. The summed E-state index contributed by atoms with van der Waals surface area (Å²) in [6.07, 6.45) is 13.4. The predicted molar refractivity (Wildman–Crippen MR) is 144 cm³/mol. The molecule has 5 rings (SSSR count). The Balaban J connectivity index is 1.14. The average Bonchev–Trinajstić information content (AvgIpc) is 3.29. The zero-order valence-electron chi connectivity index (χ0n) is 21.9. The molecule has 1 N–H and O–H groups in total. The van der Waals surface area contributed by atoms with Crippen LogP contribution in [0, 0.1) is 0 Å². The number of carbonyl (C=O) groups excluding carboxylic acids is 1. The molecular weight excluding hydrogens is 448 g/mol. The van der Waals surface area contributed by atoms with Crippen molar-refractivity contribution in [2.75, 3.05) is 38.2 Å². The van der Waals surface area contributed by atoms with Gasteiger partial charge in [-0.3, -0.25) is 9.69 Å². The summed E-state index contributed by atoms with van der Waals surface area (Å²) in [6.45, 7) is 5.29. The van der Waals surface area contributed by atoms with Crippen LogP contribution in [0.3, 0.4) is 0 Å². The van der Waals surface area contributed by atoms with Crippen molar-refractivity contribution in [1.29, 1.82) is 0 Å². The Kier molecular flexibility index (Phi) is 8.10. The number of pyridine rings is 1. The number of rotatable bonds is 7. The summed E-state index contributed by atoms with van der Waals surface area (Å²) in [4.78, 5) is 23.3. The number of anilines is 1. The number of methoxy groups -OCH3 is 1. The highest BCUT2D eigenvalue weighted by Gasteiger charge is 2.43. The van der Waals surface area contributed by atoms with Crippen molar-refractivity contribution in [2.24, 2.45) is 0 Å². The van der Waals surface area contributed by atoms with E-state index in [0.29, 0.717) is 0 Å². The molecule has 6 nitrogen and oxygen atoms in total. The molecule has 3 aliphatic rings. The van der Waals surface area contributed by atoms with E-state index in [1.54, 1.807) is 7.11 Å². The van der Waals surface area contributed by atoms with E-state index in [1.165, 1.54) is 44.3 Å². The summed E-state index contributed by atoms with van der Waals surface area (Å²) >= 11 is 0. The van der Waals surface area contributed by atoms with Gasteiger partial charge in [-0.15, -0.1) is 0 Å². The van der Waals surface area contributed by atoms with Crippen LogP contribution in [0.25, 0.3) is 0 Å². The maximum atomic E-state index is 13.6. The van der Waals surface area contributed by atoms with Gasteiger partial charge in [-0.2, -0.15) is 0 Å². The molecule has 1 aromatic carbocycles. The van der Waals surface area contributed by atoms with Gasteiger partial charge in [0.25, 0.3) is 0 Å². The summed E-state index contributed by atoms with van der Waals surface area (Å²) in [5.74, 6) is 2.10. The Morgan fingerprint density at radius 3 is 2.25 bits per heavy atom. The predicted octanol–water partition coefficient (Wildman–Crippen LogP) is 5.06. The van der Waals surface area contributed by atoms with Gasteiger partial charge in [-0.05, 0) is 80.9 Å². The second-order valence-electron chi connectivity index (χ2n) is 11.0. The first-order valence-electron chi connectivity index (χ1n) is 14.0. The molecule has 1 aromatic heterocycles. The van der Waals surface area contributed by atoms with Crippen LogP contribution in [-0.4, -0.2) is 55.1 Å². The van der Waals surface area contributed by atoms with Gasteiger partial charge in [-0.1, -0.05) is 43.9 Å². The Morgan fingerprint density at radius 1 is 0.944 bits per heavy atom. The minimum Gasteiger partial charge on any atom is -0.497 e. The van der Waals surface area contributed by atoms with Gasteiger partial charge in [0.05, 0.1) is 12.5 Å². The van der Waals surface area contributed by atoms with Crippen LogP contribution in [-0.2, 0) is 16.8 Å². The van der Waals surface area contributed by atoms with Crippen molar-refractivity contribution < 1.29 is 9.53 Å². The third kappa shape index (κ3) is 5.69. The Hall–Kier alpha value is -2.60. The smallest absolute Gasteiger partial charge is 0.230 e. The van der Waals surface area contributed by atoms with E-state index in [0.717, 1.165) is 75.3 Å². The molecule has 1 aliphatic carbocycles. The zero-order valence-corrected chi connectivity index (χ0v) is 21.9. The fourth-order valence-corrected chi connectivity index (χ4v) is 6.36. The van der Waals surface area contributed by atoms with Crippen LogP contribution in [0.4, 0.5) is 5.82 Å². The maximum absolute atomic E-state index is 13.6. The van der Waals surface area contributed by atoms with Crippen LogP contribution in [0.15, 0.2) is 42.6 Å². The Labute approximate surface area is 216 Å². The number of aromatic nitrogens is 1. The number of nitrogens with zero attached hydrogens (tertiary/aromatic N) is 3. The molecule has 2 aromatic rings. The lowest BCUT2D eigenvalue weighted by molar-refractivity contribution is -0.127. The maximum Gasteiger partial charge on any atom is 0.230 e. The van der Waals surface area contributed by atoms with E-state index >= 15 is 0 Å². The van der Waals surface area contributed by atoms with E-state index < -0.39 is 5.41 Å². The Morgan fingerprint density at radius 2 is 1.64 bits per heavy atom. The summed E-state index contributed by atoms with van der Waals surface area (Å²) in [7, 11) is 1.68. The van der Waals surface area contributed by atoms with Crippen LogP contribution in [0.2, 0.25) is 0 Å². The van der Waals surface area contributed by atoms with E-state index in [2.05, 4.69) is 45.6 Å². The third-order valence-corrected chi connectivity index (χ3v) is 8.60. The van der Waals surface area contributed by atoms with Crippen molar-refractivity contribution in [3.63, 3.8) is 0 Å². The second-order valence-corrected chi connectivity index (χ2v) is 11.0. The minimum absolute atomic E-state index is 0.208. The highest BCUT2D eigenvalue weighted by atomic mass is 16.5. The van der Waals surface area contributed by atoms with Crippen molar-refractivity contribution >= 4 is 11.7 Å². The van der Waals surface area contributed by atoms with Crippen molar-refractivity contribution in [1.82, 2.24) is 15.2 Å². The number of hydrogen-bond donors (Lipinski definition) is 1. The second kappa shape index (κ2) is 11.6. The van der Waals surface area contributed by atoms with Gasteiger partial charge in [0.1, 0.15) is 11.6 Å². The monoisotopic (exact) mass is 490 g/mol. The highest BCUT2D eigenvalue weighted by molar-refractivity contribution is 5.89. The third-order valence-electron chi connectivity index (χ3n) is 8.60. The number of ether oxygens (including phenoxy) is 1. The quantitative estimate of drug-likeness (QED) is 0.588. The Bertz CT molecular complexity index is 969. The molecule has 0 unspecified atom stereocenters. The average molecular weight is 491 g/mol. The lowest BCUT2D eigenvalue weighted by Crippen LogP contribution is -2.50. The molecule has 0 bridgehead atoms. The van der Waals surface area contributed by atoms with Crippen molar-refractivity contribution in [3.8, 4) is 5.75 Å². The molecule has 1 saturated carbocycles. The van der Waals surface area contributed by atoms with Crippen molar-refractivity contribution in [3.05, 3.63) is 53.7 Å². The van der Waals surface area contributed by atoms with Crippen LogP contribution in [0.1, 0.15) is 75.3 Å². The summed E-state index contributed by atoms with van der Waals surface area (Å²) in [5.41, 5.74) is 2.04. The van der Waals surface area contributed by atoms with Crippen LogP contribution >= 0.6 is 0 Å². The molecule has 2 aliphatic heterocycles. The largest absolute Gasteiger partial charge is 0.497 e. The lowest BCUT2D eigenvalue weighted by Gasteiger charge is -2.36. The number of amides is 1. The van der Waals surface area contributed by atoms with Gasteiger partial charge in [0.15, 0.2) is 0 Å². The van der Waals surface area contributed by atoms with E-state index in [1.807, 2.05) is 12.1 Å². The topological polar surface area (TPSA) is 57.7 Å². The number of nitrogens with one attached hydrogen (secondary N) is 1. The number of hydrogen-bond acceptors (Lipinski definition) is 5. The first kappa shape index (κ1) is 25.1. The van der Waals surface area contributed by atoms with E-state index in [4.69, 9.17) is 9.72 Å². The van der Waals surface area contributed by atoms with Crippen LogP contribution in [0.5, 0.6) is 5.75 Å². The fourth-order valence-electron chi connectivity index (χ4n) is 6.36. The van der Waals surface area contributed by atoms with E-state index in [9.17, 15) is 4.79 Å². The molecule has 2 saturated heterocycles. The fraction of sp³-hybridized carbons (Fsp3) is 0.600. The molecule has 6 heteroatoms. The van der Waals surface area contributed by atoms with Gasteiger partial charge >= 0.3 is 0 Å². The molecular formula is C30H42N4O2. The lowest BCUT2D eigenvalue weighted by atomic mass is 9.77. The van der Waals surface area contributed by atoms with Gasteiger partial charge in [-0.25, -0.2) is 4.98 Å². The molecule has 36 heavy (non-hydrogen) atoms. The molecule has 0 radical (unpaired) electrons. The molecule has 0 spiro atoms. The molecule has 3 heterocycles. The standard InChI is InChI=1S/C30H42N4O2/c1-36-27-11-9-25(10-12-27)30(16-4-5-17-30)29(35)32-26-14-20-34(21-15-26)28-13-8-24(22-31-28)23-33-18-6-2-3-7-19-33/h8-13,22,26H,2-7,14-21,23H2,1H3,(H,32,35). The zero-order chi connectivity index (χ0) is 24.8. The van der Waals surface area contributed by atoms with E-state index in [-0.39, 0.29) is 11.9 Å². The number of likely N-dealkylation sites (tertiary alicyclic amines) is 1. The summed E-state index contributed by atoms with van der Waals surface area (Å²) in [6, 6.07) is 12.8. The first-order chi connectivity index (χ1) is 17.7. The first-order valence-corrected chi connectivity index (χ1v) is 14.0. The van der Waals surface area contributed by atoms with Crippen molar-refractivity contribution in [2.45, 2.75) is 82.2 Å². The minimum atomic E-state index is -0.395. The normalized spacial score (nSPS) is 21.2. The molecule has 194 valence electrons. The molecule has 1 amide bonds. The number of piperidine rings is 1. The van der Waals surface area contributed by atoms with Gasteiger partial charge in [0.2, 0.25) is 5.91 Å². The van der Waals surface area contributed by atoms with Crippen LogP contribution < -0.4 is 15.0 Å².